The first-order valence-corrected chi connectivity index (χ1v) is 6.05. The van der Waals surface area contributed by atoms with Gasteiger partial charge in [0.15, 0.2) is 0 Å². The molecule has 96 valence electrons. The molecule has 2 heterocycles. The van der Waals surface area contributed by atoms with E-state index in [-0.39, 0.29) is 24.5 Å². The van der Waals surface area contributed by atoms with Crippen LogP contribution in [-0.2, 0) is 19.1 Å². The average Bonchev–Trinajstić information content (AvgIpc) is 2.64. The number of carbonyl (C=O) groups excluding carboxylic acids is 1. The number of carboxylic acids is 1. The summed E-state index contributed by atoms with van der Waals surface area (Å²) in [6.07, 6.45) is 3.90. The molecule has 0 radical (unpaired) electrons. The van der Waals surface area contributed by atoms with Crippen molar-refractivity contribution in [2.45, 2.75) is 44.3 Å². The molecule has 5 heteroatoms. The van der Waals surface area contributed by atoms with Gasteiger partial charge in [0.2, 0.25) is 0 Å². The van der Waals surface area contributed by atoms with Gasteiger partial charge in [-0.3, -0.25) is 9.59 Å². The summed E-state index contributed by atoms with van der Waals surface area (Å²) >= 11 is 0. The van der Waals surface area contributed by atoms with Crippen molar-refractivity contribution in [2.75, 3.05) is 7.11 Å². The molecular weight excluding hydrogens is 224 g/mol. The average molecular weight is 242 g/mol. The lowest BCUT2D eigenvalue weighted by atomic mass is 9.81. The van der Waals surface area contributed by atoms with E-state index >= 15 is 0 Å². The van der Waals surface area contributed by atoms with Gasteiger partial charge in [0.05, 0.1) is 31.7 Å². The zero-order chi connectivity index (χ0) is 12.4. The Morgan fingerprint density at radius 3 is 2.41 bits per heavy atom. The van der Waals surface area contributed by atoms with Gasteiger partial charge in [-0.2, -0.15) is 0 Å². The van der Waals surface area contributed by atoms with Crippen LogP contribution in [0.3, 0.4) is 0 Å². The Morgan fingerprint density at radius 2 is 1.94 bits per heavy atom. The lowest BCUT2D eigenvalue weighted by molar-refractivity contribution is -0.154. The SMILES string of the molecule is COC(=O)CC(C(=O)O)C1CC2CCC(C1)O2. The molecule has 2 aliphatic heterocycles. The van der Waals surface area contributed by atoms with E-state index in [0.29, 0.717) is 0 Å². The Morgan fingerprint density at radius 1 is 1.35 bits per heavy atom. The van der Waals surface area contributed by atoms with Gasteiger partial charge < -0.3 is 14.6 Å². The van der Waals surface area contributed by atoms with Crippen molar-refractivity contribution in [3.05, 3.63) is 0 Å². The van der Waals surface area contributed by atoms with Gasteiger partial charge in [-0.05, 0) is 31.6 Å². The zero-order valence-electron chi connectivity index (χ0n) is 9.93. The van der Waals surface area contributed by atoms with Crippen LogP contribution in [0.25, 0.3) is 0 Å². The molecule has 2 aliphatic rings. The first-order valence-electron chi connectivity index (χ1n) is 6.05. The number of carboxylic acid groups (broad SMARTS) is 1. The number of rotatable bonds is 4. The molecule has 3 atom stereocenters. The van der Waals surface area contributed by atoms with E-state index in [1.807, 2.05) is 0 Å². The number of esters is 1. The Balaban J connectivity index is 2.01. The quantitative estimate of drug-likeness (QED) is 0.750. The maximum atomic E-state index is 11.2. The molecule has 0 aromatic rings. The number of hydrogen-bond donors (Lipinski definition) is 1. The molecule has 0 aromatic heterocycles. The minimum Gasteiger partial charge on any atom is -0.481 e. The van der Waals surface area contributed by atoms with E-state index in [1.54, 1.807) is 0 Å². The zero-order valence-corrected chi connectivity index (χ0v) is 9.93. The van der Waals surface area contributed by atoms with Crippen LogP contribution < -0.4 is 0 Å². The summed E-state index contributed by atoms with van der Waals surface area (Å²) in [5.41, 5.74) is 0. The molecule has 2 fully saturated rings. The second-order valence-corrected chi connectivity index (χ2v) is 4.91. The highest BCUT2D eigenvalue weighted by molar-refractivity contribution is 5.79. The summed E-state index contributed by atoms with van der Waals surface area (Å²) in [5, 5.41) is 9.21. The van der Waals surface area contributed by atoms with E-state index in [9.17, 15) is 14.7 Å². The first kappa shape index (κ1) is 12.4. The van der Waals surface area contributed by atoms with Gasteiger partial charge in [0, 0.05) is 0 Å². The van der Waals surface area contributed by atoms with Gasteiger partial charge in [-0.15, -0.1) is 0 Å². The first-order chi connectivity index (χ1) is 8.10. The fourth-order valence-electron chi connectivity index (χ4n) is 2.95. The van der Waals surface area contributed by atoms with Crippen molar-refractivity contribution in [1.82, 2.24) is 0 Å². The van der Waals surface area contributed by atoms with Crippen LogP contribution in [0.1, 0.15) is 32.1 Å². The summed E-state index contributed by atoms with van der Waals surface area (Å²) in [7, 11) is 1.29. The molecule has 0 saturated carbocycles. The van der Waals surface area contributed by atoms with E-state index in [1.165, 1.54) is 7.11 Å². The van der Waals surface area contributed by atoms with Crippen LogP contribution in [0.2, 0.25) is 0 Å². The monoisotopic (exact) mass is 242 g/mol. The van der Waals surface area contributed by atoms with E-state index in [4.69, 9.17) is 4.74 Å². The number of methoxy groups -OCH3 is 1. The lowest BCUT2D eigenvalue weighted by Crippen LogP contribution is -2.34. The van der Waals surface area contributed by atoms with Crippen LogP contribution in [0, 0.1) is 11.8 Å². The van der Waals surface area contributed by atoms with Crippen LogP contribution in [0.4, 0.5) is 0 Å². The maximum Gasteiger partial charge on any atom is 0.307 e. The Kier molecular flexibility index (Phi) is 3.66. The second-order valence-electron chi connectivity index (χ2n) is 4.91. The molecule has 5 nitrogen and oxygen atoms in total. The summed E-state index contributed by atoms with van der Waals surface area (Å²) in [4.78, 5) is 22.5. The van der Waals surface area contributed by atoms with Gasteiger partial charge in [-0.25, -0.2) is 0 Å². The van der Waals surface area contributed by atoms with Crippen molar-refractivity contribution >= 4 is 11.9 Å². The number of fused-ring (bicyclic) bond motifs is 2. The third-order valence-corrected chi connectivity index (χ3v) is 3.83. The molecular formula is C12H18O5. The number of hydrogen-bond acceptors (Lipinski definition) is 4. The fraction of sp³-hybridized carbons (Fsp3) is 0.833. The normalized spacial score (nSPS) is 33.1. The van der Waals surface area contributed by atoms with E-state index in [2.05, 4.69) is 4.74 Å². The van der Waals surface area contributed by atoms with Crippen LogP contribution in [0.15, 0.2) is 0 Å². The third-order valence-electron chi connectivity index (χ3n) is 3.83. The molecule has 2 rings (SSSR count). The molecule has 0 spiro atoms. The predicted octanol–water partition coefficient (Wildman–Crippen LogP) is 1.21. The molecule has 17 heavy (non-hydrogen) atoms. The van der Waals surface area contributed by atoms with Crippen LogP contribution >= 0.6 is 0 Å². The molecule has 3 unspecified atom stereocenters. The minimum absolute atomic E-state index is 0.0318. The molecule has 0 amide bonds. The van der Waals surface area contributed by atoms with Gasteiger partial charge in [0.1, 0.15) is 0 Å². The van der Waals surface area contributed by atoms with Gasteiger partial charge >= 0.3 is 11.9 Å². The van der Waals surface area contributed by atoms with E-state index < -0.39 is 17.9 Å². The summed E-state index contributed by atoms with van der Waals surface area (Å²) in [6.45, 7) is 0. The van der Waals surface area contributed by atoms with Gasteiger partial charge in [0.25, 0.3) is 0 Å². The van der Waals surface area contributed by atoms with Crippen LogP contribution in [0.5, 0.6) is 0 Å². The molecule has 1 N–H and O–H groups in total. The van der Waals surface area contributed by atoms with Crippen molar-refractivity contribution in [3.63, 3.8) is 0 Å². The standard InChI is InChI=1S/C12H18O5/c1-16-11(13)6-10(12(14)15)7-4-8-2-3-9(5-7)17-8/h7-10H,2-6H2,1H3,(H,14,15). The number of carbonyl (C=O) groups is 2. The predicted molar refractivity (Wildman–Crippen MR) is 58.4 cm³/mol. The highest BCUT2D eigenvalue weighted by Crippen LogP contribution is 2.40. The summed E-state index contributed by atoms with van der Waals surface area (Å²) in [6, 6.07) is 0. The fourth-order valence-corrected chi connectivity index (χ4v) is 2.95. The summed E-state index contributed by atoms with van der Waals surface area (Å²) < 4.78 is 10.2. The largest absolute Gasteiger partial charge is 0.481 e. The van der Waals surface area contributed by atoms with E-state index in [0.717, 1.165) is 25.7 Å². The highest BCUT2D eigenvalue weighted by Gasteiger charge is 2.41. The molecule has 2 saturated heterocycles. The highest BCUT2D eigenvalue weighted by atomic mass is 16.5. The van der Waals surface area contributed by atoms with Crippen molar-refractivity contribution in [1.29, 1.82) is 0 Å². The summed E-state index contributed by atoms with van der Waals surface area (Å²) in [5.74, 6) is -1.94. The number of ether oxygens (including phenoxy) is 2. The van der Waals surface area contributed by atoms with Crippen molar-refractivity contribution < 1.29 is 24.2 Å². The van der Waals surface area contributed by atoms with Crippen LogP contribution in [-0.4, -0.2) is 36.4 Å². The smallest absolute Gasteiger partial charge is 0.307 e. The van der Waals surface area contributed by atoms with Gasteiger partial charge in [-0.1, -0.05) is 0 Å². The third kappa shape index (κ3) is 2.77. The Hall–Kier alpha value is -1.10. The lowest BCUT2D eigenvalue weighted by Gasteiger charge is -2.31. The van der Waals surface area contributed by atoms with Crippen molar-refractivity contribution in [2.24, 2.45) is 11.8 Å². The Bertz CT molecular complexity index is 302. The number of aliphatic carboxylic acids is 1. The van der Waals surface area contributed by atoms with Crippen molar-refractivity contribution in [3.8, 4) is 0 Å². The molecule has 0 aromatic carbocycles. The minimum atomic E-state index is -0.901. The topological polar surface area (TPSA) is 72.8 Å². The molecule has 0 aliphatic carbocycles. The maximum absolute atomic E-state index is 11.2. The second kappa shape index (κ2) is 5.04. The Labute approximate surface area is 100 Å². The molecule has 2 bridgehead atoms.